The van der Waals surface area contributed by atoms with Crippen LogP contribution >= 0.6 is 0 Å². The molecular formula is C23H25N5. The maximum atomic E-state index is 9.18. The molecule has 1 aliphatic rings. The topological polar surface area (TPSA) is 64.8 Å². The third kappa shape index (κ3) is 3.83. The van der Waals surface area contributed by atoms with E-state index in [-0.39, 0.29) is 0 Å². The van der Waals surface area contributed by atoms with Crippen molar-refractivity contribution < 1.29 is 0 Å². The Morgan fingerprint density at radius 1 is 1.00 bits per heavy atom. The number of rotatable bonds is 4. The Morgan fingerprint density at radius 2 is 1.79 bits per heavy atom. The van der Waals surface area contributed by atoms with E-state index in [2.05, 4.69) is 52.5 Å². The number of nitriles is 1. The van der Waals surface area contributed by atoms with Crippen LogP contribution in [0.1, 0.15) is 31.2 Å². The van der Waals surface area contributed by atoms with Gasteiger partial charge in [-0.05, 0) is 75.2 Å². The molecule has 0 radical (unpaired) electrons. The highest BCUT2D eigenvalue weighted by atomic mass is 15.1. The second kappa shape index (κ2) is 7.95. The van der Waals surface area contributed by atoms with Gasteiger partial charge in [0.25, 0.3) is 0 Å². The Hall–Kier alpha value is -2.97. The fraction of sp³-hybridized carbons (Fsp3) is 0.348. The van der Waals surface area contributed by atoms with Crippen molar-refractivity contribution in [2.75, 3.05) is 19.4 Å². The number of nitrogens with one attached hydrogen (secondary N) is 1. The highest BCUT2D eigenvalue weighted by molar-refractivity contribution is 5.92. The predicted molar refractivity (Wildman–Crippen MR) is 113 cm³/mol. The van der Waals surface area contributed by atoms with Gasteiger partial charge in [-0.2, -0.15) is 5.26 Å². The van der Waals surface area contributed by atoms with Crippen LogP contribution in [0.25, 0.3) is 22.0 Å². The van der Waals surface area contributed by atoms with E-state index in [1.807, 2.05) is 30.3 Å². The van der Waals surface area contributed by atoms with Crippen molar-refractivity contribution in [1.29, 1.82) is 5.26 Å². The minimum atomic E-state index is 0.444. The van der Waals surface area contributed by atoms with Crippen LogP contribution in [0.5, 0.6) is 0 Å². The summed E-state index contributed by atoms with van der Waals surface area (Å²) in [6.45, 7) is 0. The third-order valence-corrected chi connectivity index (χ3v) is 5.73. The quantitative estimate of drug-likeness (QED) is 0.734. The van der Waals surface area contributed by atoms with Crippen molar-refractivity contribution in [3.05, 3.63) is 54.4 Å². The highest BCUT2D eigenvalue weighted by Gasteiger charge is 2.23. The Morgan fingerprint density at radius 3 is 2.54 bits per heavy atom. The molecule has 142 valence electrons. The summed E-state index contributed by atoms with van der Waals surface area (Å²) in [6, 6.07) is 17.2. The molecule has 0 atom stereocenters. The van der Waals surface area contributed by atoms with E-state index in [0.29, 0.717) is 17.6 Å². The summed E-state index contributed by atoms with van der Waals surface area (Å²) >= 11 is 0. The normalized spacial score (nSPS) is 19.5. The van der Waals surface area contributed by atoms with Gasteiger partial charge >= 0.3 is 0 Å². The molecule has 0 amide bonds. The number of nitrogens with zero attached hydrogens (tertiary/aromatic N) is 4. The number of anilines is 1. The molecule has 0 bridgehead atoms. The van der Waals surface area contributed by atoms with Gasteiger partial charge in [0.05, 0.1) is 17.1 Å². The molecule has 1 aliphatic carbocycles. The fourth-order valence-electron chi connectivity index (χ4n) is 4.05. The van der Waals surface area contributed by atoms with Crippen molar-refractivity contribution in [2.45, 2.75) is 37.8 Å². The van der Waals surface area contributed by atoms with Crippen molar-refractivity contribution in [3.8, 4) is 17.2 Å². The smallest absolute Gasteiger partial charge is 0.137 e. The average Bonchev–Trinajstić information content (AvgIpc) is 2.74. The third-order valence-electron chi connectivity index (χ3n) is 5.73. The number of fused-ring (bicyclic) bond motifs is 1. The molecule has 0 saturated heterocycles. The van der Waals surface area contributed by atoms with Gasteiger partial charge in [0.2, 0.25) is 0 Å². The summed E-state index contributed by atoms with van der Waals surface area (Å²) in [5.74, 6) is 0.900. The van der Waals surface area contributed by atoms with Gasteiger partial charge < -0.3 is 10.2 Å². The molecule has 1 saturated carbocycles. The molecule has 4 rings (SSSR count). The predicted octanol–water partition coefficient (Wildman–Crippen LogP) is 4.45. The van der Waals surface area contributed by atoms with Crippen molar-refractivity contribution in [1.82, 2.24) is 14.9 Å². The first kappa shape index (κ1) is 18.4. The van der Waals surface area contributed by atoms with Crippen molar-refractivity contribution in [3.63, 3.8) is 0 Å². The second-order valence-corrected chi connectivity index (χ2v) is 7.76. The Bertz CT molecular complexity index is 1010. The van der Waals surface area contributed by atoms with Crippen LogP contribution in [0.2, 0.25) is 0 Å². The van der Waals surface area contributed by atoms with Gasteiger partial charge in [0, 0.05) is 17.5 Å². The summed E-state index contributed by atoms with van der Waals surface area (Å²) in [5, 5.41) is 13.9. The van der Waals surface area contributed by atoms with E-state index in [0.717, 1.165) is 40.7 Å². The lowest BCUT2D eigenvalue weighted by Crippen LogP contribution is -2.36. The van der Waals surface area contributed by atoms with Crippen molar-refractivity contribution in [2.24, 2.45) is 0 Å². The maximum Gasteiger partial charge on any atom is 0.137 e. The summed E-state index contributed by atoms with van der Waals surface area (Å²) in [4.78, 5) is 11.3. The molecule has 0 aliphatic heterocycles. The molecule has 1 N–H and O–H groups in total. The summed E-state index contributed by atoms with van der Waals surface area (Å²) in [7, 11) is 4.33. The van der Waals surface area contributed by atoms with Crippen LogP contribution in [0.15, 0.2) is 48.8 Å². The molecule has 3 aromatic rings. The SMILES string of the molecule is CN(C)[C@H]1CC[C@H](Nc2ncnc3ccc(-c4cccc(C#N)c4)cc23)CC1. The number of hydrogen-bond acceptors (Lipinski definition) is 5. The standard InChI is InChI=1S/C23H25N5/c1-28(2)20-9-7-19(8-10-20)27-23-21-13-18(6-11-22(21)25-15-26-23)17-5-3-4-16(12-17)14-24/h3-6,11-13,15,19-20H,7-10H2,1-2H3,(H,25,26,27)/t19-,20-. The number of hydrogen-bond donors (Lipinski definition) is 1. The molecule has 0 unspecified atom stereocenters. The molecule has 28 heavy (non-hydrogen) atoms. The zero-order chi connectivity index (χ0) is 19.5. The van der Waals surface area contributed by atoms with E-state index in [1.165, 1.54) is 12.8 Å². The zero-order valence-corrected chi connectivity index (χ0v) is 16.4. The van der Waals surface area contributed by atoms with Crippen LogP contribution in [0.4, 0.5) is 5.82 Å². The average molecular weight is 371 g/mol. The van der Waals surface area contributed by atoms with Crippen LogP contribution in [-0.4, -0.2) is 41.0 Å². The molecule has 5 nitrogen and oxygen atoms in total. The second-order valence-electron chi connectivity index (χ2n) is 7.76. The lowest BCUT2D eigenvalue weighted by molar-refractivity contribution is 0.221. The first-order valence-electron chi connectivity index (χ1n) is 9.82. The van der Waals surface area contributed by atoms with Crippen LogP contribution in [0, 0.1) is 11.3 Å². The fourth-order valence-corrected chi connectivity index (χ4v) is 4.05. The minimum absolute atomic E-state index is 0.444. The van der Waals surface area contributed by atoms with E-state index in [1.54, 1.807) is 6.33 Å². The van der Waals surface area contributed by atoms with Gasteiger partial charge in [-0.25, -0.2) is 9.97 Å². The van der Waals surface area contributed by atoms with Gasteiger partial charge in [0.15, 0.2) is 0 Å². The first-order chi connectivity index (χ1) is 13.6. The molecule has 1 fully saturated rings. The Kier molecular flexibility index (Phi) is 5.23. The van der Waals surface area contributed by atoms with E-state index < -0.39 is 0 Å². The molecule has 2 aromatic carbocycles. The van der Waals surface area contributed by atoms with Gasteiger partial charge in [-0.15, -0.1) is 0 Å². The number of aromatic nitrogens is 2. The minimum Gasteiger partial charge on any atom is -0.367 e. The van der Waals surface area contributed by atoms with Crippen LogP contribution < -0.4 is 5.32 Å². The number of benzene rings is 2. The molecule has 0 spiro atoms. The summed E-state index contributed by atoms with van der Waals surface area (Å²) in [5.41, 5.74) is 3.69. The highest BCUT2D eigenvalue weighted by Crippen LogP contribution is 2.30. The van der Waals surface area contributed by atoms with E-state index in [4.69, 9.17) is 0 Å². The van der Waals surface area contributed by atoms with E-state index >= 15 is 0 Å². The van der Waals surface area contributed by atoms with Crippen LogP contribution in [0.3, 0.4) is 0 Å². The lowest BCUT2D eigenvalue weighted by Gasteiger charge is -2.33. The zero-order valence-electron chi connectivity index (χ0n) is 16.4. The Balaban J connectivity index is 1.61. The summed E-state index contributed by atoms with van der Waals surface area (Å²) in [6.07, 6.45) is 6.35. The van der Waals surface area contributed by atoms with E-state index in [9.17, 15) is 5.26 Å². The Labute approximate surface area is 166 Å². The maximum absolute atomic E-state index is 9.18. The monoisotopic (exact) mass is 371 g/mol. The molecular weight excluding hydrogens is 346 g/mol. The first-order valence-corrected chi connectivity index (χ1v) is 9.82. The summed E-state index contributed by atoms with van der Waals surface area (Å²) < 4.78 is 0. The molecule has 5 heteroatoms. The largest absolute Gasteiger partial charge is 0.367 e. The van der Waals surface area contributed by atoms with Crippen LogP contribution in [-0.2, 0) is 0 Å². The van der Waals surface area contributed by atoms with Gasteiger partial charge in [-0.1, -0.05) is 18.2 Å². The molecule has 1 heterocycles. The lowest BCUT2D eigenvalue weighted by atomic mass is 9.90. The van der Waals surface area contributed by atoms with Crippen molar-refractivity contribution >= 4 is 16.7 Å². The van der Waals surface area contributed by atoms with Gasteiger partial charge in [-0.3, -0.25) is 0 Å². The van der Waals surface area contributed by atoms with Gasteiger partial charge in [0.1, 0.15) is 12.1 Å². The molecule has 1 aromatic heterocycles.